The molecule has 180 valence electrons. The van der Waals surface area contributed by atoms with E-state index >= 15 is 0 Å². The van der Waals surface area contributed by atoms with Crippen LogP contribution < -0.4 is 4.90 Å². The Morgan fingerprint density at radius 3 is 2.44 bits per heavy atom. The highest BCUT2D eigenvalue weighted by molar-refractivity contribution is 5.79. The number of likely N-dealkylation sites (tertiary alicyclic amines) is 1. The number of piperidine rings is 1. The number of anilines is 1. The normalized spacial score (nSPS) is 18.1. The standard InChI is InChI=1S/C26H31F2N5O/c1-2-33-24-6-4-3-5-22(24)29-25(33)18-30-11-9-19(10-12-30)26(34)32-15-13-31(14-16-32)23-8-7-20(27)17-21(23)28/h3-8,17,19H,2,9-16,18H2,1H3. The summed E-state index contributed by atoms with van der Waals surface area (Å²) < 4.78 is 29.6. The third-order valence-corrected chi connectivity index (χ3v) is 7.19. The number of benzene rings is 2. The fourth-order valence-corrected chi connectivity index (χ4v) is 5.30. The number of para-hydroxylation sites is 2. The quantitative estimate of drug-likeness (QED) is 0.571. The molecule has 2 aliphatic heterocycles. The minimum atomic E-state index is -0.576. The molecule has 0 bridgehead atoms. The number of imidazole rings is 1. The Bertz CT molecular complexity index is 1160. The van der Waals surface area contributed by atoms with E-state index in [9.17, 15) is 13.6 Å². The van der Waals surface area contributed by atoms with Crippen molar-refractivity contribution in [3.05, 3.63) is 59.9 Å². The van der Waals surface area contributed by atoms with Crippen LogP contribution in [0.2, 0.25) is 0 Å². The van der Waals surface area contributed by atoms with Gasteiger partial charge >= 0.3 is 0 Å². The third kappa shape index (κ3) is 4.51. The maximum Gasteiger partial charge on any atom is 0.225 e. The minimum Gasteiger partial charge on any atom is -0.366 e. The largest absolute Gasteiger partial charge is 0.366 e. The summed E-state index contributed by atoms with van der Waals surface area (Å²) in [5.74, 6) is 0.199. The summed E-state index contributed by atoms with van der Waals surface area (Å²) >= 11 is 0. The molecule has 8 heteroatoms. The number of nitrogens with zero attached hydrogens (tertiary/aromatic N) is 5. The summed E-state index contributed by atoms with van der Waals surface area (Å²) in [4.78, 5) is 24.2. The van der Waals surface area contributed by atoms with Gasteiger partial charge < -0.3 is 14.4 Å². The summed E-state index contributed by atoms with van der Waals surface area (Å²) in [5.41, 5.74) is 2.61. The molecule has 2 aromatic carbocycles. The number of rotatable bonds is 5. The van der Waals surface area contributed by atoms with Gasteiger partial charge in [0.05, 0.1) is 23.3 Å². The van der Waals surface area contributed by atoms with Crippen molar-refractivity contribution in [2.75, 3.05) is 44.2 Å². The number of hydrogen-bond donors (Lipinski definition) is 0. The van der Waals surface area contributed by atoms with Gasteiger partial charge in [0.1, 0.15) is 17.5 Å². The molecule has 0 unspecified atom stereocenters. The predicted octanol–water partition coefficient (Wildman–Crippen LogP) is 3.90. The van der Waals surface area contributed by atoms with Gasteiger partial charge in [0, 0.05) is 44.7 Å². The maximum absolute atomic E-state index is 14.1. The molecular weight excluding hydrogens is 436 g/mol. The molecule has 2 fully saturated rings. The molecule has 5 rings (SSSR count). The molecular formula is C26H31F2N5O. The van der Waals surface area contributed by atoms with Gasteiger partial charge in [-0.15, -0.1) is 0 Å². The monoisotopic (exact) mass is 467 g/mol. The van der Waals surface area contributed by atoms with Gasteiger partial charge in [-0.25, -0.2) is 13.8 Å². The van der Waals surface area contributed by atoms with E-state index in [0.29, 0.717) is 31.9 Å². The zero-order valence-corrected chi connectivity index (χ0v) is 19.6. The molecule has 0 radical (unpaired) electrons. The van der Waals surface area contributed by atoms with Crippen molar-refractivity contribution in [1.29, 1.82) is 0 Å². The van der Waals surface area contributed by atoms with Gasteiger partial charge in [-0.1, -0.05) is 12.1 Å². The second-order valence-corrected chi connectivity index (χ2v) is 9.22. The molecule has 3 heterocycles. The van der Waals surface area contributed by atoms with Crippen molar-refractivity contribution in [3.63, 3.8) is 0 Å². The number of carbonyl (C=O) groups excluding carboxylic acids is 1. The molecule has 2 saturated heterocycles. The van der Waals surface area contributed by atoms with Crippen LogP contribution in [0, 0.1) is 17.6 Å². The lowest BCUT2D eigenvalue weighted by molar-refractivity contribution is -0.137. The number of piperazine rings is 1. The van der Waals surface area contributed by atoms with Gasteiger partial charge in [-0.3, -0.25) is 9.69 Å². The van der Waals surface area contributed by atoms with E-state index in [1.807, 2.05) is 21.9 Å². The first-order valence-corrected chi connectivity index (χ1v) is 12.2. The zero-order chi connectivity index (χ0) is 23.7. The van der Waals surface area contributed by atoms with Crippen LogP contribution in [0.3, 0.4) is 0 Å². The highest BCUT2D eigenvalue weighted by Crippen LogP contribution is 2.25. The van der Waals surface area contributed by atoms with Crippen LogP contribution in [-0.4, -0.2) is 64.5 Å². The number of halogens is 2. The summed E-state index contributed by atoms with van der Waals surface area (Å²) in [7, 11) is 0. The van der Waals surface area contributed by atoms with E-state index in [1.54, 1.807) is 0 Å². The van der Waals surface area contributed by atoms with Crippen LogP contribution >= 0.6 is 0 Å². The Balaban J connectivity index is 1.14. The number of carbonyl (C=O) groups is 1. The van der Waals surface area contributed by atoms with E-state index in [1.165, 1.54) is 17.6 Å². The van der Waals surface area contributed by atoms with Crippen molar-refractivity contribution in [3.8, 4) is 0 Å². The van der Waals surface area contributed by atoms with Crippen LogP contribution in [0.15, 0.2) is 42.5 Å². The molecule has 0 atom stereocenters. The highest BCUT2D eigenvalue weighted by atomic mass is 19.1. The molecule has 6 nitrogen and oxygen atoms in total. The predicted molar refractivity (Wildman–Crippen MR) is 129 cm³/mol. The average molecular weight is 468 g/mol. The molecule has 0 spiro atoms. The van der Waals surface area contributed by atoms with Gasteiger partial charge in [-0.2, -0.15) is 0 Å². The topological polar surface area (TPSA) is 44.6 Å². The summed E-state index contributed by atoms with van der Waals surface area (Å²) in [5, 5.41) is 0. The van der Waals surface area contributed by atoms with Gasteiger partial charge in [0.2, 0.25) is 5.91 Å². The maximum atomic E-state index is 14.1. The smallest absolute Gasteiger partial charge is 0.225 e. The first-order chi connectivity index (χ1) is 16.5. The number of hydrogen-bond acceptors (Lipinski definition) is 4. The fourth-order valence-electron chi connectivity index (χ4n) is 5.30. The number of amides is 1. The number of fused-ring (bicyclic) bond motifs is 1. The third-order valence-electron chi connectivity index (χ3n) is 7.19. The average Bonchev–Trinajstić information content (AvgIpc) is 3.21. The van der Waals surface area contributed by atoms with Crippen molar-refractivity contribution in [1.82, 2.24) is 19.4 Å². The second kappa shape index (κ2) is 9.70. The zero-order valence-electron chi connectivity index (χ0n) is 19.6. The van der Waals surface area contributed by atoms with Crippen molar-refractivity contribution >= 4 is 22.6 Å². The van der Waals surface area contributed by atoms with Crippen LogP contribution in [-0.2, 0) is 17.9 Å². The lowest BCUT2D eigenvalue weighted by Crippen LogP contribution is -2.51. The van der Waals surface area contributed by atoms with E-state index in [4.69, 9.17) is 4.98 Å². The molecule has 1 aromatic heterocycles. The molecule has 34 heavy (non-hydrogen) atoms. The van der Waals surface area contributed by atoms with Crippen LogP contribution in [0.4, 0.5) is 14.5 Å². The Labute approximate surface area is 198 Å². The molecule has 3 aromatic rings. The van der Waals surface area contributed by atoms with E-state index in [0.717, 1.165) is 56.4 Å². The summed E-state index contributed by atoms with van der Waals surface area (Å²) in [6, 6.07) is 11.9. The molecule has 0 saturated carbocycles. The summed E-state index contributed by atoms with van der Waals surface area (Å²) in [6.07, 6.45) is 1.69. The van der Waals surface area contributed by atoms with Crippen LogP contribution in [0.5, 0.6) is 0 Å². The molecule has 0 aliphatic carbocycles. The van der Waals surface area contributed by atoms with Crippen LogP contribution in [0.1, 0.15) is 25.6 Å². The molecule has 1 amide bonds. The van der Waals surface area contributed by atoms with Crippen LogP contribution in [0.25, 0.3) is 11.0 Å². The molecule has 2 aliphatic rings. The first kappa shape index (κ1) is 22.8. The number of aryl methyl sites for hydroxylation is 1. The first-order valence-electron chi connectivity index (χ1n) is 12.2. The SMILES string of the molecule is CCn1c(CN2CCC(C(=O)N3CCN(c4ccc(F)cc4F)CC3)CC2)nc2ccccc21. The Morgan fingerprint density at radius 1 is 1.00 bits per heavy atom. The number of aromatic nitrogens is 2. The van der Waals surface area contributed by atoms with E-state index in [-0.39, 0.29) is 11.8 Å². The highest BCUT2D eigenvalue weighted by Gasteiger charge is 2.31. The lowest BCUT2D eigenvalue weighted by Gasteiger charge is -2.39. The fraction of sp³-hybridized carbons (Fsp3) is 0.462. The summed E-state index contributed by atoms with van der Waals surface area (Å²) in [6.45, 7) is 7.83. The van der Waals surface area contributed by atoms with Crippen molar-refractivity contribution < 1.29 is 13.6 Å². The van der Waals surface area contributed by atoms with Crippen molar-refractivity contribution in [2.45, 2.75) is 32.9 Å². The van der Waals surface area contributed by atoms with E-state index < -0.39 is 11.6 Å². The Kier molecular flexibility index (Phi) is 6.50. The van der Waals surface area contributed by atoms with Crippen molar-refractivity contribution in [2.24, 2.45) is 5.92 Å². The second-order valence-electron chi connectivity index (χ2n) is 9.22. The Morgan fingerprint density at radius 2 is 1.74 bits per heavy atom. The lowest BCUT2D eigenvalue weighted by atomic mass is 9.95. The Hall–Kier alpha value is -3.00. The van der Waals surface area contributed by atoms with Gasteiger partial charge in [0.15, 0.2) is 0 Å². The van der Waals surface area contributed by atoms with E-state index in [2.05, 4.69) is 28.5 Å². The van der Waals surface area contributed by atoms with Gasteiger partial charge in [0.25, 0.3) is 0 Å². The minimum absolute atomic E-state index is 0.0374. The van der Waals surface area contributed by atoms with Gasteiger partial charge in [-0.05, 0) is 57.1 Å². The molecule has 0 N–H and O–H groups in total.